The second-order valence-electron chi connectivity index (χ2n) is 8.51. The van der Waals surface area contributed by atoms with E-state index in [1.807, 2.05) is 0 Å². The molecule has 1 aromatic rings. The molecule has 2 N–H and O–H groups in total. The summed E-state index contributed by atoms with van der Waals surface area (Å²) < 4.78 is 0. The predicted molar refractivity (Wildman–Crippen MR) is 99.5 cm³/mol. The molecule has 0 radical (unpaired) electrons. The summed E-state index contributed by atoms with van der Waals surface area (Å²) in [5, 5.41) is 7.14. The van der Waals surface area contributed by atoms with Gasteiger partial charge in [-0.3, -0.25) is 0 Å². The zero-order valence-corrected chi connectivity index (χ0v) is 15.6. The molecule has 0 unspecified atom stereocenters. The lowest BCUT2D eigenvalue weighted by molar-refractivity contribution is 0.456. The van der Waals surface area contributed by atoms with Crippen LogP contribution >= 0.6 is 0 Å². The van der Waals surface area contributed by atoms with Crippen LogP contribution in [-0.4, -0.2) is 27.0 Å². The third kappa shape index (κ3) is 4.81. The van der Waals surface area contributed by atoms with E-state index in [1.165, 1.54) is 64.2 Å². The number of hydrogen-bond donors (Lipinski definition) is 2. The molecular weight excluding hydrogens is 298 g/mol. The van der Waals surface area contributed by atoms with Gasteiger partial charge in [0.15, 0.2) is 0 Å². The van der Waals surface area contributed by atoms with Gasteiger partial charge in [-0.15, -0.1) is 0 Å². The fourth-order valence-electron chi connectivity index (χ4n) is 3.70. The standard InChI is InChI=1S/C19H33N5/c1-19(2,3)16-22-17(20-14-10-6-4-7-11-14)24-18(23-16)21-15-12-8-5-9-13-15/h14-15H,4-13H2,1-3H3,(H2,20,21,22,23,24). The van der Waals surface area contributed by atoms with Crippen molar-refractivity contribution in [1.82, 2.24) is 15.0 Å². The average molecular weight is 332 g/mol. The smallest absolute Gasteiger partial charge is 0.227 e. The molecule has 134 valence electrons. The van der Waals surface area contributed by atoms with Crippen molar-refractivity contribution in [3.8, 4) is 0 Å². The normalized spacial score (nSPS) is 20.8. The molecule has 3 rings (SSSR count). The highest BCUT2D eigenvalue weighted by Gasteiger charge is 2.23. The molecule has 0 spiro atoms. The second-order valence-corrected chi connectivity index (χ2v) is 8.51. The van der Waals surface area contributed by atoms with Gasteiger partial charge in [-0.25, -0.2) is 0 Å². The van der Waals surface area contributed by atoms with E-state index in [9.17, 15) is 0 Å². The molecule has 2 aliphatic carbocycles. The topological polar surface area (TPSA) is 62.7 Å². The lowest BCUT2D eigenvalue weighted by Gasteiger charge is -2.26. The first-order valence-electron chi connectivity index (χ1n) is 9.80. The Morgan fingerprint density at radius 1 is 0.667 bits per heavy atom. The lowest BCUT2D eigenvalue weighted by Crippen LogP contribution is -2.28. The summed E-state index contributed by atoms with van der Waals surface area (Å²) in [5.41, 5.74) is -0.0745. The number of hydrogen-bond acceptors (Lipinski definition) is 5. The van der Waals surface area contributed by atoms with Crippen molar-refractivity contribution in [3.63, 3.8) is 0 Å². The third-order valence-corrected chi connectivity index (χ3v) is 5.18. The molecule has 24 heavy (non-hydrogen) atoms. The van der Waals surface area contributed by atoms with Crippen LogP contribution in [0.5, 0.6) is 0 Å². The van der Waals surface area contributed by atoms with Gasteiger partial charge in [0, 0.05) is 17.5 Å². The molecule has 0 atom stereocenters. The Hall–Kier alpha value is -1.39. The minimum absolute atomic E-state index is 0.0745. The van der Waals surface area contributed by atoms with E-state index in [0.717, 1.165) is 17.7 Å². The van der Waals surface area contributed by atoms with Gasteiger partial charge < -0.3 is 10.6 Å². The summed E-state index contributed by atoms with van der Waals surface area (Å²) in [6.45, 7) is 6.49. The molecule has 1 heterocycles. The Morgan fingerprint density at radius 3 is 1.46 bits per heavy atom. The maximum absolute atomic E-state index is 4.72. The molecule has 2 saturated carbocycles. The first-order chi connectivity index (χ1) is 11.5. The molecule has 1 aromatic heterocycles. The first-order valence-corrected chi connectivity index (χ1v) is 9.80. The molecule has 0 aliphatic heterocycles. The Bertz CT molecular complexity index is 487. The summed E-state index contributed by atoms with van der Waals surface area (Å²) in [6, 6.07) is 1.02. The second kappa shape index (κ2) is 7.66. The fraction of sp³-hybridized carbons (Fsp3) is 0.842. The van der Waals surface area contributed by atoms with Gasteiger partial charge >= 0.3 is 0 Å². The summed E-state index contributed by atoms with van der Waals surface area (Å²) in [4.78, 5) is 14.1. The van der Waals surface area contributed by atoms with E-state index in [0.29, 0.717) is 12.1 Å². The average Bonchev–Trinajstić information content (AvgIpc) is 2.56. The molecule has 2 fully saturated rings. The minimum atomic E-state index is -0.0745. The van der Waals surface area contributed by atoms with Crippen LogP contribution in [0.1, 0.15) is 90.8 Å². The SMILES string of the molecule is CC(C)(C)c1nc(NC2CCCCC2)nc(NC2CCCCC2)n1. The summed E-state index contributed by atoms with van der Waals surface area (Å²) in [5.74, 6) is 2.37. The molecule has 0 aromatic carbocycles. The number of aromatic nitrogens is 3. The monoisotopic (exact) mass is 331 g/mol. The van der Waals surface area contributed by atoms with Gasteiger partial charge in [-0.1, -0.05) is 59.3 Å². The van der Waals surface area contributed by atoms with Crippen molar-refractivity contribution in [2.24, 2.45) is 0 Å². The van der Waals surface area contributed by atoms with Crippen LogP contribution in [0.2, 0.25) is 0 Å². The van der Waals surface area contributed by atoms with Crippen LogP contribution in [0, 0.1) is 0 Å². The quantitative estimate of drug-likeness (QED) is 0.840. The minimum Gasteiger partial charge on any atom is -0.351 e. The Morgan fingerprint density at radius 2 is 1.08 bits per heavy atom. The van der Waals surface area contributed by atoms with Crippen molar-refractivity contribution in [3.05, 3.63) is 5.82 Å². The van der Waals surface area contributed by atoms with Gasteiger partial charge in [-0.05, 0) is 25.7 Å². The van der Waals surface area contributed by atoms with Crippen molar-refractivity contribution < 1.29 is 0 Å². The van der Waals surface area contributed by atoms with Gasteiger partial charge in [0.25, 0.3) is 0 Å². The van der Waals surface area contributed by atoms with Crippen LogP contribution in [-0.2, 0) is 5.41 Å². The van der Waals surface area contributed by atoms with Crippen molar-refractivity contribution in [2.75, 3.05) is 10.6 Å². The zero-order valence-electron chi connectivity index (χ0n) is 15.6. The molecule has 2 aliphatic rings. The highest BCUT2D eigenvalue weighted by atomic mass is 15.2. The highest BCUT2D eigenvalue weighted by molar-refractivity contribution is 5.37. The number of anilines is 2. The molecule has 5 nitrogen and oxygen atoms in total. The number of rotatable bonds is 4. The fourth-order valence-corrected chi connectivity index (χ4v) is 3.70. The molecule has 0 saturated heterocycles. The van der Waals surface area contributed by atoms with E-state index in [1.54, 1.807) is 0 Å². The van der Waals surface area contributed by atoms with Crippen molar-refractivity contribution in [2.45, 2.75) is 102 Å². The number of nitrogens with one attached hydrogen (secondary N) is 2. The largest absolute Gasteiger partial charge is 0.351 e. The summed E-state index contributed by atoms with van der Waals surface area (Å²) >= 11 is 0. The Kier molecular flexibility index (Phi) is 5.57. The highest BCUT2D eigenvalue weighted by Crippen LogP contribution is 2.25. The van der Waals surface area contributed by atoms with Crippen LogP contribution in [0.15, 0.2) is 0 Å². The van der Waals surface area contributed by atoms with Crippen LogP contribution in [0.25, 0.3) is 0 Å². The number of nitrogens with zero attached hydrogens (tertiary/aromatic N) is 3. The third-order valence-electron chi connectivity index (χ3n) is 5.18. The van der Waals surface area contributed by atoms with E-state index >= 15 is 0 Å². The van der Waals surface area contributed by atoms with E-state index in [-0.39, 0.29) is 5.41 Å². The van der Waals surface area contributed by atoms with Gasteiger partial charge in [-0.2, -0.15) is 15.0 Å². The van der Waals surface area contributed by atoms with E-state index < -0.39 is 0 Å². The van der Waals surface area contributed by atoms with Crippen LogP contribution in [0.3, 0.4) is 0 Å². The van der Waals surface area contributed by atoms with Gasteiger partial charge in [0.1, 0.15) is 5.82 Å². The first kappa shape index (κ1) is 17.4. The summed E-state index contributed by atoms with van der Waals surface area (Å²) in [7, 11) is 0. The van der Waals surface area contributed by atoms with Gasteiger partial charge in [0.2, 0.25) is 11.9 Å². The van der Waals surface area contributed by atoms with Crippen LogP contribution < -0.4 is 10.6 Å². The van der Waals surface area contributed by atoms with Crippen molar-refractivity contribution in [1.29, 1.82) is 0 Å². The maximum Gasteiger partial charge on any atom is 0.227 e. The van der Waals surface area contributed by atoms with Crippen molar-refractivity contribution >= 4 is 11.9 Å². The molecular formula is C19H33N5. The molecule has 5 heteroatoms. The lowest BCUT2D eigenvalue weighted by atomic mass is 9.95. The Labute approximate surface area is 146 Å². The van der Waals surface area contributed by atoms with Gasteiger partial charge in [0.05, 0.1) is 0 Å². The molecule has 0 bridgehead atoms. The van der Waals surface area contributed by atoms with Crippen LogP contribution in [0.4, 0.5) is 11.9 Å². The van der Waals surface area contributed by atoms with E-state index in [2.05, 4.69) is 31.4 Å². The molecule has 0 amide bonds. The Balaban J connectivity index is 1.77. The summed E-state index contributed by atoms with van der Waals surface area (Å²) in [6.07, 6.45) is 12.8. The zero-order chi connectivity index (χ0) is 17.0. The maximum atomic E-state index is 4.72. The predicted octanol–water partition coefficient (Wildman–Crippen LogP) is 4.66. The van der Waals surface area contributed by atoms with E-state index in [4.69, 9.17) is 15.0 Å².